The van der Waals surface area contributed by atoms with Crippen LogP contribution in [0.5, 0.6) is 0 Å². The maximum Gasteiger partial charge on any atom is 0.490 e. The van der Waals surface area contributed by atoms with Gasteiger partial charge in [0.1, 0.15) is 0 Å². The molecule has 2 aromatic rings. The summed E-state index contributed by atoms with van der Waals surface area (Å²) in [6.45, 7) is 3.84. The van der Waals surface area contributed by atoms with Crippen molar-refractivity contribution in [1.29, 1.82) is 0 Å². The van der Waals surface area contributed by atoms with Gasteiger partial charge < -0.3 is 14.4 Å². The molecule has 3 aliphatic rings. The van der Waals surface area contributed by atoms with Crippen molar-refractivity contribution >= 4 is 11.9 Å². The SMILES string of the molecule is O=C(O)C(F)(F)F.O=C1N(CC2CC2)C(c2ccccc2)C12CCN(Cc1ccoc1)CC2. The number of benzene rings is 1. The van der Waals surface area contributed by atoms with Crippen LogP contribution in [-0.2, 0) is 16.1 Å². The first-order chi connectivity index (χ1) is 15.7. The highest BCUT2D eigenvalue weighted by molar-refractivity contribution is 5.91. The highest BCUT2D eigenvalue weighted by Crippen LogP contribution is 2.57. The number of carbonyl (C=O) groups excluding carboxylic acids is 1. The predicted octanol–water partition coefficient (Wildman–Crippen LogP) is 4.49. The van der Waals surface area contributed by atoms with Gasteiger partial charge >= 0.3 is 12.1 Å². The number of aliphatic carboxylic acids is 1. The molecule has 1 N–H and O–H groups in total. The molecular formula is C24H27F3N2O4. The second kappa shape index (κ2) is 9.21. The third-order valence-corrected chi connectivity index (χ3v) is 6.77. The number of piperidine rings is 1. The average molecular weight is 464 g/mol. The fraction of sp³-hybridized carbons (Fsp3) is 0.500. The van der Waals surface area contributed by atoms with E-state index in [1.165, 1.54) is 24.0 Å². The summed E-state index contributed by atoms with van der Waals surface area (Å²) in [5, 5.41) is 7.12. The molecule has 6 nitrogen and oxygen atoms in total. The van der Waals surface area contributed by atoms with Crippen molar-refractivity contribution in [2.45, 2.75) is 44.4 Å². The second-order valence-electron chi connectivity index (χ2n) is 9.08. The topological polar surface area (TPSA) is 74.0 Å². The minimum atomic E-state index is -5.08. The van der Waals surface area contributed by atoms with Gasteiger partial charge in [0, 0.05) is 18.7 Å². The number of alkyl halides is 3. The summed E-state index contributed by atoms with van der Waals surface area (Å²) < 4.78 is 36.9. The van der Waals surface area contributed by atoms with E-state index < -0.39 is 12.1 Å². The minimum absolute atomic E-state index is 0.177. The molecule has 2 saturated heterocycles. The second-order valence-corrected chi connectivity index (χ2v) is 9.08. The van der Waals surface area contributed by atoms with Gasteiger partial charge in [-0.3, -0.25) is 9.69 Å². The van der Waals surface area contributed by atoms with Gasteiger partial charge in [-0.1, -0.05) is 30.3 Å². The van der Waals surface area contributed by atoms with Gasteiger partial charge in [0.05, 0.1) is 24.0 Å². The van der Waals surface area contributed by atoms with Crippen molar-refractivity contribution in [3.63, 3.8) is 0 Å². The first kappa shape index (κ1) is 23.4. The van der Waals surface area contributed by atoms with Crippen LogP contribution in [-0.4, -0.2) is 52.6 Å². The molecule has 1 spiro atoms. The third kappa shape index (κ3) is 5.08. The quantitative estimate of drug-likeness (QED) is 0.660. The van der Waals surface area contributed by atoms with E-state index in [1.54, 1.807) is 6.26 Å². The molecule has 1 amide bonds. The number of carboxylic acids is 1. The van der Waals surface area contributed by atoms with Crippen LogP contribution in [0.25, 0.3) is 0 Å². The lowest BCUT2D eigenvalue weighted by atomic mass is 9.62. The summed E-state index contributed by atoms with van der Waals surface area (Å²) in [7, 11) is 0. The fourth-order valence-electron chi connectivity index (χ4n) is 4.89. The molecule has 9 heteroatoms. The Bertz CT molecular complexity index is 950. The molecule has 1 aliphatic carbocycles. The maximum atomic E-state index is 13.2. The Balaban J connectivity index is 0.000000325. The fourth-order valence-corrected chi connectivity index (χ4v) is 4.89. The lowest BCUT2D eigenvalue weighted by Crippen LogP contribution is -2.66. The van der Waals surface area contributed by atoms with E-state index in [1.807, 2.05) is 12.3 Å². The molecular weight excluding hydrogens is 437 g/mol. The highest BCUT2D eigenvalue weighted by Gasteiger charge is 2.61. The molecule has 0 radical (unpaired) electrons. The summed E-state index contributed by atoms with van der Waals surface area (Å²) in [5.41, 5.74) is 2.36. The van der Waals surface area contributed by atoms with Gasteiger partial charge in [0.2, 0.25) is 5.91 Å². The monoisotopic (exact) mass is 464 g/mol. The molecule has 0 bridgehead atoms. The van der Waals surface area contributed by atoms with E-state index in [0.717, 1.165) is 44.9 Å². The van der Waals surface area contributed by atoms with E-state index in [9.17, 15) is 18.0 Å². The van der Waals surface area contributed by atoms with Crippen LogP contribution in [0.3, 0.4) is 0 Å². The first-order valence-corrected chi connectivity index (χ1v) is 11.1. The predicted molar refractivity (Wildman–Crippen MR) is 113 cm³/mol. The summed E-state index contributed by atoms with van der Waals surface area (Å²) in [6.07, 6.45) is 2.97. The van der Waals surface area contributed by atoms with E-state index in [4.69, 9.17) is 14.3 Å². The molecule has 3 fully saturated rings. The van der Waals surface area contributed by atoms with E-state index in [2.05, 4.69) is 40.1 Å². The van der Waals surface area contributed by atoms with E-state index in [-0.39, 0.29) is 11.5 Å². The molecule has 1 aromatic heterocycles. The van der Waals surface area contributed by atoms with Crippen molar-refractivity contribution < 1.29 is 32.3 Å². The van der Waals surface area contributed by atoms with Gasteiger partial charge in [-0.15, -0.1) is 0 Å². The Morgan fingerprint density at radius 3 is 2.27 bits per heavy atom. The molecule has 1 saturated carbocycles. The van der Waals surface area contributed by atoms with E-state index >= 15 is 0 Å². The maximum absolute atomic E-state index is 13.2. The van der Waals surface area contributed by atoms with Crippen molar-refractivity contribution in [3.05, 3.63) is 60.1 Å². The summed E-state index contributed by atoms with van der Waals surface area (Å²) >= 11 is 0. The molecule has 178 valence electrons. The lowest BCUT2D eigenvalue weighted by molar-refractivity contribution is -0.192. The Morgan fingerprint density at radius 1 is 1.12 bits per heavy atom. The standard InChI is InChI=1S/C22H26N2O2.C2HF3O2/c25-21-22(9-11-23(12-10-22)14-18-8-13-26-16-18)20(19-4-2-1-3-5-19)24(21)15-17-6-7-17;3-2(4,5)1(6)7/h1-5,8,13,16-17,20H,6-7,9-12,14-15H2;(H,6,7). The lowest BCUT2D eigenvalue weighted by Gasteiger charge is -2.59. The van der Waals surface area contributed by atoms with Crippen molar-refractivity contribution in [2.75, 3.05) is 19.6 Å². The molecule has 2 aliphatic heterocycles. The number of halogens is 3. The number of hydrogen-bond donors (Lipinski definition) is 1. The Kier molecular flexibility index (Phi) is 6.52. The molecule has 5 rings (SSSR count). The van der Waals surface area contributed by atoms with Crippen molar-refractivity contribution in [2.24, 2.45) is 11.3 Å². The van der Waals surface area contributed by atoms with Gasteiger partial charge in [-0.2, -0.15) is 13.2 Å². The van der Waals surface area contributed by atoms with Crippen LogP contribution in [0.4, 0.5) is 13.2 Å². The van der Waals surface area contributed by atoms with Gasteiger partial charge in [-0.05, 0) is 56.3 Å². The van der Waals surface area contributed by atoms with Crippen LogP contribution >= 0.6 is 0 Å². The van der Waals surface area contributed by atoms with Gasteiger partial charge in [0.25, 0.3) is 0 Å². The molecule has 1 aromatic carbocycles. The number of likely N-dealkylation sites (tertiary alicyclic amines) is 2. The average Bonchev–Trinajstić information content (AvgIpc) is 3.47. The largest absolute Gasteiger partial charge is 0.490 e. The smallest absolute Gasteiger partial charge is 0.475 e. The van der Waals surface area contributed by atoms with E-state index in [0.29, 0.717) is 5.91 Å². The molecule has 3 heterocycles. The number of β-lactam (4-membered cyclic amide) rings is 1. The van der Waals surface area contributed by atoms with Crippen LogP contribution in [0.1, 0.15) is 42.9 Å². The first-order valence-electron chi connectivity index (χ1n) is 11.1. The van der Waals surface area contributed by atoms with Crippen LogP contribution in [0.15, 0.2) is 53.3 Å². The number of amides is 1. The van der Waals surface area contributed by atoms with Crippen molar-refractivity contribution in [1.82, 2.24) is 9.80 Å². The number of carboxylic acid groups (broad SMARTS) is 1. The Morgan fingerprint density at radius 2 is 1.76 bits per heavy atom. The summed E-state index contributed by atoms with van der Waals surface area (Å²) in [5.74, 6) is -1.61. The highest BCUT2D eigenvalue weighted by atomic mass is 19.4. The van der Waals surface area contributed by atoms with Crippen LogP contribution in [0.2, 0.25) is 0 Å². The number of carbonyl (C=O) groups is 2. The number of hydrogen-bond acceptors (Lipinski definition) is 4. The Hall–Kier alpha value is -2.81. The van der Waals surface area contributed by atoms with Gasteiger partial charge in [-0.25, -0.2) is 4.79 Å². The number of rotatable bonds is 5. The zero-order valence-electron chi connectivity index (χ0n) is 18.1. The zero-order chi connectivity index (χ0) is 23.6. The zero-order valence-corrected chi connectivity index (χ0v) is 18.1. The number of furan rings is 1. The van der Waals surface area contributed by atoms with Gasteiger partial charge in [0.15, 0.2) is 0 Å². The summed E-state index contributed by atoms with van der Waals surface area (Å²) in [6, 6.07) is 13.0. The normalized spacial score (nSPS) is 22.5. The number of nitrogens with zero attached hydrogens (tertiary/aromatic N) is 2. The Labute approximate surface area is 190 Å². The summed E-state index contributed by atoms with van der Waals surface area (Å²) in [4.78, 5) is 26.7. The van der Waals surface area contributed by atoms with Crippen molar-refractivity contribution in [3.8, 4) is 0 Å². The minimum Gasteiger partial charge on any atom is -0.475 e. The molecule has 1 unspecified atom stereocenters. The van der Waals surface area contributed by atoms with Crippen LogP contribution in [0, 0.1) is 11.3 Å². The third-order valence-electron chi connectivity index (χ3n) is 6.77. The van der Waals surface area contributed by atoms with Crippen LogP contribution < -0.4 is 0 Å². The molecule has 33 heavy (non-hydrogen) atoms. The molecule has 1 atom stereocenters.